The molecule has 0 N–H and O–H groups in total. The molecule has 0 bridgehead atoms. The van der Waals surface area contributed by atoms with Gasteiger partial charge in [0.1, 0.15) is 0 Å². The van der Waals surface area contributed by atoms with Crippen LogP contribution in [0, 0.1) is 49.2 Å². The SMILES string of the molecule is [C-]#Cn1ccc(C(C)(C)C)c1.[C-]#Cn1ccc(C(C)(C)C)c1.[Pt].[Pt].[c-]1ccc(Oc2ccccn2)[c-]c1-c1[c-]ccc(Oc2ccccn2)[c-]1. The van der Waals surface area contributed by atoms with Gasteiger partial charge < -0.3 is 66.8 Å². The Morgan fingerprint density at radius 3 is 1.28 bits per heavy atom. The van der Waals surface area contributed by atoms with Gasteiger partial charge in [0, 0.05) is 91.4 Å². The van der Waals surface area contributed by atoms with Gasteiger partial charge in [-0.05, 0) is 46.2 Å². The van der Waals surface area contributed by atoms with Crippen LogP contribution >= 0.6 is 0 Å². The Morgan fingerprint density at radius 1 is 0.600 bits per heavy atom. The van der Waals surface area contributed by atoms with Crippen molar-refractivity contribution in [2.45, 2.75) is 52.4 Å². The van der Waals surface area contributed by atoms with E-state index in [1.807, 2.05) is 61.2 Å². The molecule has 2 aromatic carbocycles. The van der Waals surface area contributed by atoms with Gasteiger partial charge in [0.15, 0.2) is 0 Å². The fraction of sp³-hybridized carbons (Fsp3) is 0.190. The molecule has 0 aliphatic heterocycles. The van der Waals surface area contributed by atoms with Crippen LogP contribution in [0.2, 0.25) is 0 Å². The number of hydrogen-bond donors (Lipinski definition) is 0. The van der Waals surface area contributed by atoms with E-state index in [9.17, 15) is 0 Å². The molecule has 4 heterocycles. The number of aromatic nitrogens is 4. The molecule has 6 aromatic rings. The van der Waals surface area contributed by atoms with Crippen molar-refractivity contribution in [1.29, 1.82) is 0 Å². The smallest absolute Gasteiger partial charge is 0.215 e. The number of pyridine rings is 2. The Morgan fingerprint density at radius 2 is 1.00 bits per heavy atom. The topological polar surface area (TPSA) is 54.1 Å². The van der Waals surface area contributed by atoms with Gasteiger partial charge in [0.2, 0.25) is 11.8 Å². The molecular weight excluding hydrogens is 983 g/mol. The fourth-order valence-electron chi connectivity index (χ4n) is 4.05. The predicted molar refractivity (Wildman–Crippen MR) is 187 cm³/mol. The second kappa shape index (κ2) is 19.6. The maximum atomic E-state index is 6.87. The van der Waals surface area contributed by atoms with E-state index in [0.717, 1.165) is 0 Å². The van der Waals surface area contributed by atoms with Crippen molar-refractivity contribution in [2.24, 2.45) is 0 Å². The molecule has 50 heavy (non-hydrogen) atoms. The molecule has 4 aromatic heterocycles. The summed E-state index contributed by atoms with van der Waals surface area (Å²) in [5.74, 6) is 2.08. The first-order valence-electron chi connectivity index (χ1n) is 15.2. The van der Waals surface area contributed by atoms with Crippen molar-refractivity contribution in [3.05, 3.63) is 158 Å². The van der Waals surface area contributed by atoms with E-state index < -0.39 is 0 Å². The van der Waals surface area contributed by atoms with Gasteiger partial charge in [-0.15, -0.1) is 0 Å². The average molecular weight is 1020 g/mol. The predicted octanol–water partition coefficient (Wildman–Crippen LogP) is 9.29. The number of ether oxygens (including phenoxy) is 2. The molecular formula is C42H36N4O2Pt2-6. The molecule has 6 nitrogen and oxygen atoms in total. The van der Waals surface area contributed by atoms with Crippen LogP contribution in [-0.4, -0.2) is 19.1 Å². The molecule has 262 valence electrons. The molecule has 0 saturated heterocycles. The Hall–Kier alpha value is -4.60. The van der Waals surface area contributed by atoms with Gasteiger partial charge in [-0.25, -0.2) is 22.1 Å². The van der Waals surface area contributed by atoms with E-state index >= 15 is 0 Å². The molecule has 0 atom stereocenters. The van der Waals surface area contributed by atoms with Gasteiger partial charge in [-0.2, -0.15) is 12.1 Å². The number of nitrogens with zero attached hydrogens (tertiary/aromatic N) is 4. The molecule has 0 saturated carbocycles. The van der Waals surface area contributed by atoms with E-state index in [4.69, 9.17) is 22.3 Å². The van der Waals surface area contributed by atoms with Crippen molar-refractivity contribution in [2.75, 3.05) is 0 Å². The first-order chi connectivity index (χ1) is 22.9. The summed E-state index contributed by atoms with van der Waals surface area (Å²) < 4.78 is 14.7. The minimum atomic E-state index is 0. The Labute approximate surface area is 325 Å². The molecule has 0 amide bonds. The molecule has 0 unspecified atom stereocenters. The standard InChI is InChI=1S/C22H12N2O2.2C10H12N.2Pt/c1-3-13-23-21(11-1)25-19-9-5-7-17(15-19)18-8-6-10-20(16-18)26-22-12-2-4-14-24-22;2*1-5-11-7-6-9(8-11)10(2,3)4;;/h1-6,9-14H;2*6-8H,2-4H3;;/q-4;2*-1;;. The van der Waals surface area contributed by atoms with Crippen molar-refractivity contribution >= 4 is 0 Å². The fourth-order valence-corrected chi connectivity index (χ4v) is 4.05. The van der Waals surface area contributed by atoms with Crippen LogP contribution in [0.3, 0.4) is 0 Å². The molecule has 6 rings (SSSR count). The molecule has 0 radical (unpaired) electrons. The van der Waals surface area contributed by atoms with Gasteiger partial charge in [-0.1, -0.05) is 65.2 Å². The summed E-state index contributed by atoms with van der Waals surface area (Å²) in [6.45, 7) is 12.9. The minimum Gasteiger partial charge on any atom is -0.669 e. The minimum absolute atomic E-state index is 0. The largest absolute Gasteiger partial charge is 0.669 e. The van der Waals surface area contributed by atoms with Crippen LogP contribution in [0.5, 0.6) is 23.3 Å². The summed E-state index contributed by atoms with van der Waals surface area (Å²) in [7, 11) is 0. The van der Waals surface area contributed by atoms with Crippen molar-refractivity contribution in [1.82, 2.24) is 19.1 Å². The first kappa shape index (κ1) is 41.6. The third-order valence-electron chi connectivity index (χ3n) is 6.75. The first-order valence-corrected chi connectivity index (χ1v) is 15.2. The van der Waals surface area contributed by atoms with Crippen molar-refractivity contribution < 1.29 is 51.6 Å². The Balaban J connectivity index is 0.000000301. The van der Waals surface area contributed by atoms with E-state index in [-0.39, 0.29) is 53.0 Å². The zero-order valence-corrected chi connectivity index (χ0v) is 33.2. The van der Waals surface area contributed by atoms with Gasteiger partial charge in [-0.3, -0.25) is 12.1 Å². The second-order valence-electron chi connectivity index (χ2n) is 12.6. The normalized spacial score (nSPS) is 10.2. The summed E-state index contributed by atoms with van der Waals surface area (Å²) in [4.78, 5) is 8.28. The molecule has 0 spiro atoms. The number of benzene rings is 2. The summed E-state index contributed by atoms with van der Waals surface area (Å²) >= 11 is 0. The van der Waals surface area contributed by atoms with Gasteiger partial charge in [0.25, 0.3) is 0 Å². The molecule has 8 heteroatoms. The quantitative estimate of drug-likeness (QED) is 0.128. The maximum absolute atomic E-state index is 6.87. The van der Waals surface area contributed by atoms with Crippen LogP contribution in [-0.2, 0) is 53.0 Å². The van der Waals surface area contributed by atoms with Crippen LogP contribution in [0.4, 0.5) is 0 Å². The number of hydrogen-bond acceptors (Lipinski definition) is 4. The van der Waals surface area contributed by atoms with Crippen LogP contribution in [0.15, 0.2) is 110 Å². The monoisotopic (exact) mass is 1020 g/mol. The van der Waals surface area contributed by atoms with Crippen molar-refractivity contribution in [3.63, 3.8) is 0 Å². The summed E-state index contributed by atoms with van der Waals surface area (Å²) in [6.07, 6.45) is 24.6. The Bertz CT molecular complexity index is 1830. The van der Waals surface area contributed by atoms with E-state index in [1.165, 1.54) is 11.1 Å². The van der Waals surface area contributed by atoms with Crippen molar-refractivity contribution in [3.8, 4) is 46.5 Å². The zero-order valence-electron chi connectivity index (χ0n) is 28.6. The molecule has 0 fully saturated rings. The van der Waals surface area contributed by atoms with Crippen LogP contribution in [0.25, 0.3) is 11.1 Å². The zero-order chi connectivity index (χ0) is 34.6. The van der Waals surface area contributed by atoms with E-state index in [0.29, 0.717) is 34.4 Å². The van der Waals surface area contributed by atoms with Crippen LogP contribution in [0.1, 0.15) is 52.7 Å². The van der Waals surface area contributed by atoms with Gasteiger partial charge >= 0.3 is 0 Å². The Kier molecular flexibility index (Phi) is 16.3. The van der Waals surface area contributed by atoms with Gasteiger partial charge in [0.05, 0.1) is 0 Å². The number of rotatable bonds is 5. The van der Waals surface area contributed by atoms with E-state index in [2.05, 4.69) is 87.9 Å². The second-order valence-corrected chi connectivity index (χ2v) is 12.6. The van der Waals surface area contributed by atoms with Crippen LogP contribution < -0.4 is 9.47 Å². The average Bonchev–Trinajstić information content (AvgIpc) is 3.78. The van der Waals surface area contributed by atoms with E-state index in [1.54, 1.807) is 57.9 Å². The molecule has 0 aliphatic carbocycles. The summed E-state index contributed by atoms with van der Waals surface area (Å²) in [5, 5.41) is 0. The molecule has 0 aliphatic rings. The summed E-state index contributed by atoms with van der Waals surface area (Å²) in [5.41, 5.74) is 4.15. The third-order valence-corrected chi connectivity index (χ3v) is 6.75. The third kappa shape index (κ3) is 13.0. The summed E-state index contributed by atoms with van der Waals surface area (Å²) in [6, 6.07) is 39.1. The maximum Gasteiger partial charge on any atom is 0.215 e.